The van der Waals surface area contributed by atoms with Crippen LogP contribution in [0.1, 0.15) is 28.0 Å². The lowest BCUT2D eigenvalue weighted by atomic mass is 10.3. The van der Waals surface area contributed by atoms with Crippen molar-refractivity contribution in [2.24, 2.45) is 0 Å². The minimum Gasteiger partial charge on any atom is -0.321 e. The number of imidazole rings is 1. The van der Waals surface area contributed by atoms with Crippen molar-refractivity contribution in [2.45, 2.75) is 25.8 Å². The van der Waals surface area contributed by atoms with E-state index < -0.39 is 0 Å². The first-order valence-electron chi connectivity index (χ1n) is 6.25. The Morgan fingerprint density at radius 3 is 2.90 bits per heavy atom. The zero-order valence-electron chi connectivity index (χ0n) is 11.1. The van der Waals surface area contributed by atoms with Crippen molar-refractivity contribution in [1.82, 2.24) is 14.5 Å². The highest BCUT2D eigenvalue weighted by Gasteiger charge is 2.16. The molecular weight excluding hydrogens is 405 g/mol. The second kappa shape index (κ2) is 5.61. The Balaban J connectivity index is 2.13. The number of fused-ring (bicyclic) bond motifs is 1. The molecule has 0 fully saturated rings. The van der Waals surface area contributed by atoms with Crippen molar-refractivity contribution in [1.29, 1.82) is 0 Å². The molecule has 0 aliphatic carbocycles. The first kappa shape index (κ1) is 14.3. The van der Waals surface area contributed by atoms with Crippen molar-refractivity contribution in [3.63, 3.8) is 0 Å². The lowest BCUT2D eigenvalue weighted by Gasteiger charge is -2.09. The van der Waals surface area contributed by atoms with Gasteiger partial charge in [0.25, 0.3) is 0 Å². The molecule has 6 heteroatoms. The molecule has 0 saturated carbocycles. The average Bonchev–Trinajstić information content (AvgIpc) is 2.94. The Kier molecular flexibility index (Phi) is 4.01. The van der Waals surface area contributed by atoms with Gasteiger partial charge in [0, 0.05) is 14.6 Å². The molecule has 0 aliphatic heterocycles. The highest BCUT2D eigenvalue weighted by atomic mass is 127. The Bertz CT molecular complexity index is 763. The fraction of sp³-hybridized carbons (Fsp3) is 0.286. The van der Waals surface area contributed by atoms with Crippen LogP contribution < -0.4 is 0 Å². The highest BCUT2D eigenvalue weighted by Crippen LogP contribution is 2.27. The minimum atomic E-state index is -0.117. The van der Waals surface area contributed by atoms with E-state index in [2.05, 4.69) is 55.3 Å². The van der Waals surface area contributed by atoms with Crippen LogP contribution in [0.4, 0.5) is 0 Å². The Labute approximate surface area is 140 Å². The summed E-state index contributed by atoms with van der Waals surface area (Å²) in [5, 5.41) is 0.966. The summed E-state index contributed by atoms with van der Waals surface area (Å²) in [7, 11) is 0. The van der Waals surface area contributed by atoms with Gasteiger partial charge in [-0.3, -0.25) is 0 Å². The SMILES string of the molecule is Cc1ncc(Cn2c(C(C)Cl)nc3cc(I)ccc32)s1. The number of benzene rings is 1. The van der Waals surface area contributed by atoms with E-state index in [1.165, 1.54) is 8.45 Å². The van der Waals surface area contributed by atoms with Gasteiger partial charge in [0.2, 0.25) is 0 Å². The van der Waals surface area contributed by atoms with Crippen molar-refractivity contribution in [3.8, 4) is 0 Å². The third-order valence-electron chi connectivity index (χ3n) is 3.08. The summed E-state index contributed by atoms with van der Waals surface area (Å²) in [5.74, 6) is 0.912. The predicted octanol–water partition coefficient (Wildman–Crippen LogP) is 4.75. The van der Waals surface area contributed by atoms with Crippen molar-refractivity contribution < 1.29 is 0 Å². The molecule has 0 bridgehead atoms. The van der Waals surface area contributed by atoms with Gasteiger partial charge in [0.15, 0.2) is 0 Å². The Morgan fingerprint density at radius 2 is 2.25 bits per heavy atom. The zero-order valence-corrected chi connectivity index (χ0v) is 14.8. The van der Waals surface area contributed by atoms with Gasteiger partial charge in [-0.15, -0.1) is 22.9 Å². The molecule has 2 aromatic heterocycles. The van der Waals surface area contributed by atoms with E-state index in [9.17, 15) is 0 Å². The average molecular weight is 418 g/mol. The van der Waals surface area contributed by atoms with Gasteiger partial charge in [-0.25, -0.2) is 9.97 Å². The Morgan fingerprint density at radius 1 is 1.45 bits per heavy atom. The largest absolute Gasteiger partial charge is 0.321 e. The van der Waals surface area contributed by atoms with Gasteiger partial charge in [-0.1, -0.05) is 0 Å². The second-order valence-electron chi connectivity index (χ2n) is 4.65. The summed E-state index contributed by atoms with van der Waals surface area (Å²) in [5.41, 5.74) is 2.12. The predicted molar refractivity (Wildman–Crippen MR) is 92.7 cm³/mol. The topological polar surface area (TPSA) is 30.7 Å². The van der Waals surface area contributed by atoms with Crippen LogP contribution >= 0.6 is 45.5 Å². The normalized spacial score (nSPS) is 13.0. The van der Waals surface area contributed by atoms with Crippen molar-refractivity contribution in [3.05, 3.63) is 43.7 Å². The number of hydrogen-bond acceptors (Lipinski definition) is 3. The molecule has 2 heterocycles. The van der Waals surface area contributed by atoms with Crippen LogP contribution in [0, 0.1) is 10.5 Å². The summed E-state index contributed by atoms with van der Waals surface area (Å²) in [6.45, 7) is 4.75. The quantitative estimate of drug-likeness (QED) is 0.455. The van der Waals surface area contributed by atoms with E-state index in [-0.39, 0.29) is 5.38 Å². The first-order chi connectivity index (χ1) is 9.54. The van der Waals surface area contributed by atoms with Gasteiger partial charge < -0.3 is 4.57 Å². The number of rotatable bonds is 3. The van der Waals surface area contributed by atoms with Crippen LogP contribution in [0.15, 0.2) is 24.4 Å². The van der Waals surface area contributed by atoms with Crippen LogP contribution in [0.3, 0.4) is 0 Å². The van der Waals surface area contributed by atoms with Crippen molar-refractivity contribution in [2.75, 3.05) is 0 Å². The van der Waals surface area contributed by atoms with Gasteiger partial charge in [-0.2, -0.15) is 0 Å². The van der Waals surface area contributed by atoms with Gasteiger partial charge in [0.05, 0.1) is 28.0 Å². The molecule has 1 aromatic carbocycles. The van der Waals surface area contributed by atoms with E-state index in [4.69, 9.17) is 11.6 Å². The lowest BCUT2D eigenvalue weighted by molar-refractivity contribution is 0.749. The molecule has 3 nitrogen and oxygen atoms in total. The van der Waals surface area contributed by atoms with Gasteiger partial charge in [-0.05, 0) is 54.6 Å². The molecule has 0 aliphatic rings. The highest BCUT2D eigenvalue weighted by molar-refractivity contribution is 14.1. The molecule has 0 N–H and O–H groups in total. The molecule has 0 saturated heterocycles. The fourth-order valence-corrected chi connectivity index (χ4v) is 3.65. The molecule has 1 atom stereocenters. The zero-order chi connectivity index (χ0) is 14.3. The van der Waals surface area contributed by atoms with Crippen molar-refractivity contribution >= 4 is 56.6 Å². The maximum Gasteiger partial charge on any atom is 0.128 e. The first-order valence-corrected chi connectivity index (χ1v) is 8.59. The molecule has 3 aromatic rings. The molecule has 20 heavy (non-hydrogen) atoms. The van der Waals surface area contributed by atoms with Crippen LogP contribution in [0.2, 0.25) is 0 Å². The Hall–Kier alpha value is -0.660. The van der Waals surface area contributed by atoms with Gasteiger partial charge >= 0.3 is 0 Å². The van der Waals surface area contributed by atoms with E-state index in [0.29, 0.717) is 0 Å². The maximum absolute atomic E-state index is 6.29. The summed E-state index contributed by atoms with van der Waals surface area (Å²) in [4.78, 5) is 10.2. The summed E-state index contributed by atoms with van der Waals surface area (Å²) >= 11 is 10.3. The van der Waals surface area contributed by atoms with Gasteiger partial charge in [0.1, 0.15) is 5.82 Å². The number of thiazole rings is 1. The third-order valence-corrected chi connectivity index (χ3v) is 4.84. The number of aromatic nitrogens is 3. The minimum absolute atomic E-state index is 0.117. The molecular formula is C14H13ClIN3S. The smallest absolute Gasteiger partial charge is 0.128 e. The number of alkyl halides is 1. The van der Waals surface area contributed by atoms with E-state index in [1.54, 1.807) is 11.3 Å². The molecule has 0 amide bonds. The standard InChI is InChI=1S/C14H13ClIN3S/c1-8(15)14-18-12-5-10(16)3-4-13(12)19(14)7-11-6-17-9(2)20-11/h3-6,8H,7H2,1-2H3. The van der Waals surface area contributed by atoms with Crippen LogP contribution in [-0.4, -0.2) is 14.5 Å². The number of hydrogen-bond donors (Lipinski definition) is 0. The second-order valence-corrected chi connectivity index (χ2v) is 7.87. The fourth-order valence-electron chi connectivity index (χ4n) is 2.23. The number of aryl methyl sites for hydroxylation is 1. The molecule has 0 radical (unpaired) electrons. The summed E-state index contributed by atoms with van der Waals surface area (Å²) in [6.07, 6.45) is 1.93. The molecule has 3 rings (SSSR count). The molecule has 104 valence electrons. The van der Waals surface area contributed by atoms with E-state index >= 15 is 0 Å². The monoisotopic (exact) mass is 417 g/mol. The maximum atomic E-state index is 6.29. The van der Waals surface area contributed by atoms with E-state index in [1.807, 2.05) is 20.0 Å². The van der Waals surface area contributed by atoms with E-state index in [0.717, 1.165) is 28.4 Å². The third kappa shape index (κ3) is 2.71. The van der Waals surface area contributed by atoms with Crippen LogP contribution in [0.25, 0.3) is 11.0 Å². The number of nitrogens with zero attached hydrogens (tertiary/aromatic N) is 3. The summed E-state index contributed by atoms with van der Waals surface area (Å²) in [6, 6.07) is 6.30. The lowest BCUT2D eigenvalue weighted by Crippen LogP contribution is -2.04. The molecule has 1 unspecified atom stereocenters. The molecule has 0 spiro atoms. The van der Waals surface area contributed by atoms with Crippen LogP contribution in [-0.2, 0) is 6.54 Å². The van der Waals surface area contributed by atoms with Crippen LogP contribution in [0.5, 0.6) is 0 Å². The number of halogens is 2. The summed E-state index contributed by atoms with van der Waals surface area (Å²) < 4.78 is 3.37.